The molecule has 1 fully saturated rings. The van der Waals surface area contributed by atoms with Gasteiger partial charge in [-0.1, -0.05) is 39.0 Å². The van der Waals surface area contributed by atoms with Crippen LogP contribution in [0.1, 0.15) is 20.8 Å². The van der Waals surface area contributed by atoms with Crippen LogP contribution in [0.4, 0.5) is 0 Å². The van der Waals surface area contributed by atoms with E-state index in [1.807, 2.05) is 0 Å². The second kappa shape index (κ2) is 5.50. The van der Waals surface area contributed by atoms with Gasteiger partial charge in [0.1, 0.15) is 6.10 Å². The van der Waals surface area contributed by atoms with E-state index >= 15 is 0 Å². The van der Waals surface area contributed by atoms with Crippen molar-refractivity contribution in [1.29, 1.82) is 0 Å². The number of hydrogen-bond donors (Lipinski definition) is 0. The number of rotatable bonds is 5. The molecule has 1 aliphatic rings. The highest BCUT2D eigenvalue weighted by Crippen LogP contribution is 2.39. The van der Waals surface area contributed by atoms with Gasteiger partial charge in [0.25, 0.3) is 0 Å². The lowest BCUT2D eigenvalue weighted by Gasteiger charge is -2.35. The summed E-state index contributed by atoms with van der Waals surface area (Å²) in [6, 6.07) is 8.43. The molecule has 1 aromatic carbocycles. The van der Waals surface area contributed by atoms with E-state index in [2.05, 4.69) is 33.9 Å². The highest BCUT2D eigenvalue weighted by molar-refractivity contribution is 7.92. The first-order valence-electron chi connectivity index (χ1n) is 7.14. The molecule has 0 aliphatic carbocycles. The molecule has 0 amide bonds. The second-order valence-corrected chi connectivity index (χ2v) is 13.8. The topological polar surface area (TPSA) is 55.9 Å². The molecule has 0 saturated carbocycles. The third-order valence-corrected chi connectivity index (χ3v) is 10.8. The quantitative estimate of drug-likeness (QED) is 0.615. The standard InChI is InChI=1S/C15H24O4SSi/c1-15(2,3)21(4,5)18-11-13-14(19-13)20(16,17)12-9-7-6-8-10-12/h6-10,13-14H,11H2,1-5H3/t13-,14-/m1/s1. The minimum Gasteiger partial charge on any atom is -0.414 e. The highest BCUT2D eigenvalue weighted by atomic mass is 32.2. The maximum atomic E-state index is 12.4. The van der Waals surface area contributed by atoms with Gasteiger partial charge in [-0.15, -0.1) is 0 Å². The Morgan fingerprint density at radius 2 is 1.76 bits per heavy atom. The van der Waals surface area contributed by atoms with Gasteiger partial charge in [-0.2, -0.15) is 0 Å². The van der Waals surface area contributed by atoms with Gasteiger partial charge < -0.3 is 9.16 Å². The van der Waals surface area contributed by atoms with Crippen LogP contribution in [0.25, 0.3) is 0 Å². The molecule has 0 unspecified atom stereocenters. The fourth-order valence-corrected chi connectivity index (χ4v) is 4.35. The van der Waals surface area contributed by atoms with Crippen molar-refractivity contribution in [2.75, 3.05) is 6.61 Å². The number of sulfone groups is 1. The van der Waals surface area contributed by atoms with E-state index in [1.165, 1.54) is 0 Å². The lowest BCUT2D eigenvalue weighted by atomic mass is 10.2. The van der Waals surface area contributed by atoms with Crippen LogP contribution in [0.2, 0.25) is 18.1 Å². The van der Waals surface area contributed by atoms with Crippen LogP contribution in [-0.4, -0.2) is 34.9 Å². The highest BCUT2D eigenvalue weighted by Gasteiger charge is 2.51. The maximum absolute atomic E-state index is 12.4. The molecule has 1 saturated heterocycles. The Hall–Kier alpha value is -0.693. The summed E-state index contributed by atoms with van der Waals surface area (Å²) in [6.45, 7) is 11.1. The largest absolute Gasteiger partial charge is 0.414 e. The molecule has 2 rings (SSSR count). The first-order chi connectivity index (χ1) is 9.56. The molecule has 2 atom stereocenters. The molecular weight excluding hydrogens is 304 g/mol. The molecule has 0 spiro atoms. The molecule has 1 aliphatic heterocycles. The minimum absolute atomic E-state index is 0.107. The van der Waals surface area contributed by atoms with Gasteiger partial charge in [0.05, 0.1) is 11.5 Å². The summed E-state index contributed by atoms with van der Waals surface area (Å²) >= 11 is 0. The van der Waals surface area contributed by atoms with Crippen LogP contribution < -0.4 is 0 Å². The van der Waals surface area contributed by atoms with Crippen molar-refractivity contribution in [3.8, 4) is 0 Å². The fraction of sp³-hybridized carbons (Fsp3) is 0.600. The van der Waals surface area contributed by atoms with Gasteiger partial charge in [0, 0.05) is 0 Å². The van der Waals surface area contributed by atoms with Crippen molar-refractivity contribution in [2.24, 2.45) is 0 Å². The average molecular weight is 329 g/mol. The predicted octanol–water partition coefficient (Wildman–Crippen LogP) is 3.21. The van der Waals surface area contributed by atoms with E-state index < -0.39 is 23.6 Å². The first-order valence-corrected chi connectivity index (χ1v) is 11.6. The third kappa shape index (κ3) is 3.56. The van der Waals surface area contributed by atoms with E-state index in [-0.39, 0.29) is 11.1 Å². The number of ether oxygens (including phenoxy) is 1. The molecule has 0 N–H and O–H groups in total. The lowest BCUT2D eigenvalue weighted by Crippen LogP contribution is -2.41. The van der Waals surface area contributed by atoms with Crippen molar-refractivity contribution >= 4 is 18.2 Å². The van der Waals surface area contributed by atoms with Gasteiger partial charge >= 0.3 is 0 Å². The summed E-state index contributed by atoms with van der Waals surface area (Å²) < 4.78 is 36.1. The summed E-state index contributed by atoms with van der Waals surface area (Å²) in [5, 5.41) is 0.107. The Bertz CT molecular complexity index is 590. The summed E-state index contributed by atoms with van der Waals surface area (Å²) in [7, 11) is -5.28. The van der Waals surface area contributed by atoms with Gasteiger partial charge in [-0.05, 0) is 30.3 Å². The Kier molecular flexibility index (Phi) is 4.37. The number of epoxide rings is 1. The van der Waals surface area contributed by atoms with Gasteiger partial charge in [0.2, 0.25) is 9.84 Å². The van der Waals surface area contributed by atoms with E-state index in [9.17, 15) is 8.42 Å². The Labute approximate surface area is 128 Å². The molecule has 0 bridgehead atoms. The van der Waals surface area contributed by atoms with Crippen LogP contribution >= 0.6 is 0 Å². The van der Waals surface area contributed by atoms with Crippen LogP contribution in [0, 0.1) is 0 Å². The van der Waals surface area contributed by atoms with Gasteiger partial charge in [0.15, 0.2) is 13.8 Å². The molecule has 21 heavy (non-hydrogen) atoms. The monoisotopic (exact) mass is 328 g/mol. The summed E-state index contributed by atoms with van der Waals surface area (Å²) in [4.78, 5) is 0.310. The molecule has 0 radical (unpaired) electrons. The third-order valence-electron chi connectivity index (χ3n) is 4.33. The second-order valence-electron chi connectivity index (χ2n) is 6.97. The smallest absolute Gasteiger partial charge is 0.207 e. The van der Waals surface area contributed by atoms with Crippen molar-refractivity contribution in [2.45, 2.75) is 55.3 Å². The average Bonchev–Trinajstić information content (AvgIpc) is 3.16. The van der Waals surface area contributed by atoms with Crippen LogP contribution in [0.5, 0.6) is 0 Å². The molecular formula is C15H24O4SSi. The van der Waals surface area contributed by atoms with E-state index in [0.29, 0.717) is 11.5 Å². The van der Waals surface area contributed by atoms with Crippen LogP contribution in [0.3, 0.4) is 0 Å². The van der Waals surface area contributed by atoms with E-state index in [1.54, 1.807) is 30.3 Å². The Morgan fingerprint density at radius 1 is 1.19 bits per heavy atom. The minimum atomic E-state index is -3.40. The zero-order valence-corrected chi connectivity index (χ0v) is 15.1. The van der Waals surface area contributed by atoms with Gasteiger partial charge in [-0.25, -0.2) is 8.42 Å². The number of benzene rings is 1. The van der Waals surface area contributed by atoms with Crippen molar-refractivity contribution in [3.05, 3.63) is 30.3 Å². The van der Waals surface area contributed by atoms with E-state index in [0.717, 1.165) is 0 Å². The fourth-order valence-electron chi connectivity index (χ4n) is 1.77. The summed E-state index contributed by atoms with van der Waals surface area (Å²) in [5.74, 6) is 0. The van der Waals surface area contributed by atoms with Crippen molar-refractivity contribution in [3.63, 3.8) is 0 Å². The van der Waals surface area contributed by atoms with Crippen LogP contribution in [-0.2, 0) is 19.0 Å². The van der Waals surface area contributed by atoms with Crippen LogP contribution in [0.15, 0.2) is 35.2 Å². The predicted molar refractivity (Wildman–Crippen MR) is 85.4 cm³/mol. The zero-order chi connectivity index (χ0) is 15.9. The normalized spacial score (nSPS) is 23.1. The SMILES string of the molecule is CC(C)(C)[Si](C)(C)OC[C@H]1O[C@@H]1S(=O)(=O)c1ccccc1. The summed E-state index contributed by atoms with van der Waals surface area (Å²) in [5.41, 5.74) is -0.760. The lowest BCUT2D eigenvalue weighted by molar-refractivity contribution is 0.243. The Balaban J connectivity index is 1.97. The molecule has 4 nitrogen and oxygen atoms in total. The van der Waals surface area contributed by atoms with Crippen molar-refractivity contribution in [1.82, 2.24) is 0 Å². The van der Waals surface area contributed by atoms with Crippen molar-refractivity contribution < 1.29 is 17.6 Å². The molecule has 0 aromatic heterocycles. The number of hydrogen-bond acceptors (Lipinski definition) is 4. The molecule has 1 heterocycles. The van der Waals surface area contributed by atoms with Gasteiger partial charge in [-0.3, -0.25) is 0 Å². The molecule has 1 aromatic rings. The first kappa shape index (κ1) is 16.7. The Morgan fingerprint density at radius 3 is 2.29 bits per heavy atom. The maximum Gasteiger partial charge on any atom is 0.207 e. The molecule has 118 valence electrons. The summed E-state index contributed by atoms with van der Waals surface area (Å²) in [6.07, 6.45) is -0.343. The molecule has 6 heteroatoms. The van der Waals surface area contributed by atoms with E-state index in [4.69, 9.17) is 9.16 Å². The zero-order valence-electron chi connectivity index (χ0n) is 13.3.